The van der Waals surface area contributed by atoms with Gasteiger partial charge >= 0.3 is 0 Å². The van der Waals surface area contributed by atoms with Gasteiger partial charge in [-0.15, -0.1) is 0 Å². The van der Waals surface area contributed by atoms with Crippen molar-refractivity contribution in [3.8, 4) is 0 Å². The van der Waals surface area contributed by atoms with Crippen LogP contribution in [0.25, 0.3) is 0 Å². The lowest BCUT2D eigenvalue weighted by Gasteiger charge is -2.25. The quantitative estimate of drug-likeness (QED) is 0.737. The number of hydrazine groups is 1. The summed E-state index contributed by atoms with van der Waals surface area (Å²) in [6, 6.07) is 5.92. The van der Waals surface area contributed by atoms with Gasteiger partial charge in [-0.2, -0.15) is 4.31 Å². The van der Waals surface area contributed by atoms with E-state index in [4.69, 9.17) is 0 Å². The Labute approximate surface area is 170 Å². The summed E-state index contributed by atoms with van der Waals surface area (Å²) in [4.78, 5) is 28.8. The Morgan fingerprint density at radius 3 is 2.45 bits per heavy atom. The van der Waals surface area contributed by atoms with Gasteiger partial charge < -0.3 is 0 Å². The van der Waals surface area contributed by atoms with E-state index in [-0.39, 0.29) is 17.0 Å². The Morgan fingerprint density at radius 2 is 1.83 bits per heavy atom. The molecule has 1 atom stereocenters. The molecule has 0 aliphatic carbocycles. The van der Waals surface area contributed by atoms with Gasteiger partial charge in [-0.3, -0.25) is 25.4 Å². The van der Waals surface area contributed by atoms with Crippen LogP contribution in [0.1, 0.15) is 39.9 Å². The zero-order valence-corrected chi connectivity index (χ0v) is 17.4. The number of carbonyl (C=O) groups is 2. The van der Waals surface area contributed by atoms with E-state index in [1.54, 1.807) is 26.0 Å². The molecule has 9 heteroatoms. The number of sulfonamides is 1. The molecule has 1 aliphatic rings. The number of aromatic nitrogens is 1. The molecule has 0 radical (unpaired) electrons. The first-order chi connectivity index (χ1) is 13.7. The number of hydrogen-bond acceptors (Lipinski definition) is 5. The van der Waals surface area contributed by atoms with Crippen LogP contribution in [0.4, 0.5) is 0 Å². The number of hydrogen-bond donors (Lipinski definition) is 2. The molecule has 3 rings (SSSR count). The Balaban J connectivity index is 1.77. The van der Waals surface area contributed by atoms with Gasteiger partial charge in [-0.1, -0.05) is 17.7 Å². The summed E-state index contributed by atoms with van der Waals surface area (Å²) in [6.45, 7) is 5.68. The van der Waals surface area contributed by atoms with Gasteiger partial charge in [0.1, 0.15) is 6.04 Å². The molecule has 0 bridgehead atoms. The molecule has 1 aromatic carbocycles. The van der Waals surface area contributed by atoms with Gasteiger partial charge in [0.05, 0.1) is 10.5 Å². The predicted molar refractivity (Wildman–Crippen MR) is 107 cm³/mol. The summed E-state index contributed by atoms with van der Waals surface area (Å²) < 4.78 is 27.8. The van der Waals surface area contributed by atoms with Crippen molar-refractivity contribution in [2.24, 2.45) is 0 Å². The third-order valence-corrected chi connectivity index (χ3v) is 7.12. The van der Waals surface area contributed by atoms with Crippen LogP contribution in [0.15, 0.2) is 41.6 Å². The van der Waals surface area contributed by atoms with Crippen molar-refractivity contribution in [3.05, 3.63) is 58.9 Å². The van der Waals surface area contributed by atoms with E-state index in [9.17, 15) is 18.0 Å². The van der Waals surface area contributed by atoms with Gasteiger partial charge in [-0.05, 0) is 56.9 Å². The molecule has 1 aromatic heterocycles. The highest BCUT2D eigenvalue weighted by molar-refractivity contribution is 7.89. The molecule has 0 spiro atoms. The molecule has 1 aliphatic heterocycles. The Hall–Kier alpha value is -2.78. The van der Waals surface area contributed by atoms with E-state index in [1.165, 1.54) is 16.7 Å². The maximum absolute atomic E-state index is 13.3. The Morgan fingerprint density at radius 1 is 1.14 bits per heavy atom. The highest BCUT2D eigenvalue weighted by atomic mass is 32.2. The van der Waals surface area contributed by atoms with E-state index in [0.717, 1.165) is 5.56 Å². The molecule has 154 valence electrons. The molecule has 2 amide bonds. The summed E-state index contributed by atoms with van der Waals surface area (Å²) >= 11 is 0. The van der Waals surface area contributed by atoms with Crippen LogP contribution in [0.3, 0.4) is 0 Å². The molecule has 2 N–H and O–H groups in total. The van der Waals surface area contributed by atoms with Crippen molar-refractivity contribution < 1.29 is 18.0 Å². The normalized spacial score (nSPS) is 17.1. The second kappa shape index (κ2) is 8.30. The third kappa shape index (κ3) is 4.30. The zero-order valence-electron chi connectivity index (χ0n) is 16.6. The molecule has 8 nitrogen and oxygen atoms in total. The molecular weight excluding hydrogens is 392 g/mol. The zero-order chi connectivity index (χ0) is 21.2. The number of pyridine rings is 1. The van der Waals surface area contributed by atoms with Crippen LogP contribution in [0.5, 0.6) is 0 Å². The van der Waals surface area contributed by atoms with Crippen molar-refractivity contribution >= 4 is 21.8 Å². The summed E-state index contributed by atoms with van der Waals surface area (Å²) in [5.74, 6) is -1.09. The third-order valence-electron chi connectivity index (χ3n) is 4.90. The molecule has 1 saturated heterocycles. The van der Waals surface area contributed by atoms with Crippen molar-refractivity contribution in [1.82, 2.24) is 20.1 Å². The Bertz CT molecular complexity index is 1010. The van der Waals surface area contributed by atoms with Crippen LogP contribution in [0, 0.1) is 20.8 Å². The summed E-state index contributed by atoms with van der Waals surface area (Å²) in [6.07, 6.45) is 3.86. The predicted octanol–water partition coefficient (Wildman–Crippen LogP) is 1.62. The highest BCUT2D eigenvalue weighted by Crippen LogP contribution is 2.30. The van der Waals surface area contributed by atoms with Gasteiger partial charge in [0.15, 0.2) is 0 Å². The monoisotopic (exact) mass is 416 g/mol. The molecule has 0 unspecified atom stereocenters. The standard InChI is InChI=1S/C20H24N4O4S/c1-13-10-14(2)18(15(3)11-13)29(27,28)24-9-5-7-17(24)20(26)23-22-19(25)16-6-4-8-21-12-16/h4,6,8,10-12,17H,5,7,9H2,1-3H3,(H,22,25)(H,23,26)/t17-/m1/s1. The van der Waals surface area contributed by atoms with Crippen LogP contribution in [-0.2, 0) is 14.8 Å². The smallest absolute Gasteiger partial charge is 0.271 e. The maximum Gasteiger partial charge on any atom is 0.271 e. The number of amides is 2. The fraction of sp³-hybridized carbons (Fsp3) is 0.350. The second-order valence-electron chi connectivity index (χ2n) is 7.19. The summed E-state index contributed by atoms with van der Waals surface area (Å²) in [5.41, 5.74) is 7.23. The minimum absolute atomic E-state index is 0.238. The first-order valence-corrected chi connectivity index (χ1v) is 10.8. The molecule has 1 fully saturated rings. The van der Waals surface area contributed by atoms with Crippen LogP contribution in [-0.4, -0.2) is 42.1 Å². The van der Waals surface area contributed by atoms with E-state index in [2.05, 4.69) is 15.8 Å². The van der Waals surface area contributed by atoms with Crippen LogP contribution < -0.4 is 10.9 Å². The first kappa shape index (κ1) is 20.9. The van der Waals surface area contributed by atoms with E-state index >= 15 is 0 Å². The van der Waals surface area contributed by atoms with E-state index in [1.807, 2.05) is 19.1 Å². The largest absolute Gasteiger partial charge is 0.271 e. The number of aryl methyl sites for hydroxylation is 3. The SMILES string of the molecule is Cc1cc(C)c(S(=O)(=O)N2CCC[C@@H]2C(=O)NNC(=O)c2cccnc2)c(C)c1. The first-order valence-electron chi connectivity index (χ1n) is 9.31. The lowest BCUT2D eigenvalue weighted by Crippen LogP contribution is -2.51. The number of benzene rings is 1. The number of nitrogens with zero attached hydrogens (tertiary/aromatic N) is 2. The molecule has 2 aromatic rings. The number of rotatable bonds is 4. The average molecular weight is 417 g/mol. The van der Waals surface area contributed by atoms with Crippen molar-refractivity contribution in [2.75, 3.05) is 6.54 Å². The molecular formula is C20H24N4O4S. The van der Waals surface area contributed by atoms with Gasteiger partial charge in [-0.25, -0.2) is 8.42 Å². The summed E-state index contributed by atoms with van der Waals surface area (Å²) in [5, 5.41) is 0. The lowest BCUT2D eigenvalue weighted by atomic mass is 10.1. The van der Waals surface area contributed by atoms with E-state index in [0.29, 0.717) is 24.0 Å². The lowest BCUT2D eigenvalue weighted by molar-refractivity contribution is -0.125. The fourth-order valence-electron chi connectivity index (χ4n) is 3.75. The van der Waals surface area contributed by atoms with Crippen LogP contribution in [0.2, 0.25) is 0 Å². The molecule has 0 saturated carbocycles. The van der Waals surface area contributed by atoms with Gasteiger partial charge in [0.25, 0.3) is 11.8 Å². The van der Waals surface area contributed by atoms with Crippen molar-refractivity contribution in [3.63, 3.8) is 0 Å². The van der Waals surface area contributed by atoms with Crippen molar-refractivity contribution in [1.29, 1.82) is 0 Å². The second-order valence-corrected chi connectivity index (χ2v) is 9.01. The number of carbonyl (C=O) groups excluding carboxylic acids is 2. The maximum atomic E-state index is 13.3. The molecule has 2 heterocycles. The number of nitrogens with one attached hydrogen (secondary N) is 2. The minimum Gasteiger partial charge on any atom is -0.271 e. The highest BCUT2D eigenvalue weighted by Gasteiger charge is 2.40. The van der Waals surface area contributed by atoms with Crippen LogP contribution >= 0.6 is 0 Å². The van der Waals surface area contributed by atoms with Gasteiger partial charge in [0.2, 0.25) is 10.0 Å². The average Bonchev–Trinajstić information content (AvgIpc) is 3.16. The minimum atomic E-state index is -3.85. The Kier molecular flexibility index (Phi) is 5.99. The van der Waals surface area contributed by atoms with Crippen molar-refractivity contribution in [2.45, 2.75) is 44.6 Å². The van der Waals surface area contributed by atoms with E-state index < -0.39 is 27.9 Å². The van der Waals surface area contributed by atoms with Gasteiger partial charge in [0, 0.05) is 18.9 Å². The topological polar surface area (TPSA) is 108 Å². The fourth-order valence-corrected chi connectivity index (χ4v) is 5.82. The summed E-state index contributed by atoms with van der Waals surface area (Å²) in [7, 11) is -3.85. The molecule has 29 heavy (non-hydrogen) atoms.